The Kier molecular flexibility index (Phi) is 13.0. The van der Waals surface area contributed by atoms with E-state index in [2.05, 4.69) is 0 Å². The van der Waals surface area contributed by atoms with Crippen molar-refractivity contribution in [2.45, 2.75) is 64.7 Å². The molecule has 202 valence electrons. The molecule has 0 saturated heterocycles. The van der Waals surface area contributed by atoms with E-state index in [0.29, 0.717) is 30.9 Å². The van der Waals surface area contributed by atoms with E-state index >= 15 is 0 Å². The van der Waals surface area contributed by atoms with Crippen LogP contribution in [0.25, 0.3) is 0 Å². The highest BCUT2D eigenvalue weighted by Crippen LogP contribution is 2.35. The minimum atomic E-state index is -0.420. The minimum Gasteiger partial charge on any atom is -0.497 e. The molecule has 0 aliphatic carbocycles. The van der Waals surface area contributed by atoms with Gasteiger partial charge in [-0.05, 0) is 37.5 Å². The molecule has 0 N–H and O–H groups in total. The van der Waals surface area contributed by atoms with Crippen LogP contribution in [0.2, 0.25) is 0 Å². The second kappa shape index (κ2) is 16.2. The Morgan fingerprint density at radius 3 is 1.81 bits per heavy atom. The Bertz CT molecular complexity index is 1010. The average molecular weight is 515 g/mol. The summed E-state index contributed by atoms with van der Waals surface area (Å²) in [5.74, 6) is 0.711. The molecule has 2 rings (SSSR count). The maximum Gasteiger partial charge on any atom is 0.311 e. The number of unbranched alkanes of at least 4 members (excludes halogenated alkanes) is 5. The summed E-state index contributed by atoms with van der Waals surface area (Å²) in [7, 11) is 4.53. The number of hydrogen-bond donors (Lipinski definition) is 0. The first-order chi connectivity index (χ1) is 17.9. The molecule has 0 amide bonds. The third kappa shape index (κ3) is 10.1. The number of carbonyl (C=O) groups excluding carboxylic acids is 3. The summed E-state index contributed by atoms with van der Waals surface area (Å²) in [6, 6.07) is 10.3. The highest BCUT2D eigenvalue weighted by Gasteiger charge is 2.23. The summed E-state index contributed by atoms with van der Waals surface area (Å²) in [6.07, 6.45) is 6.05. The van der Waals surface area contributed by atoms with E-state index in [0.717, 1.165) is 37.7 Å². The molecule has 0 aliphatic rings. The Morgan fingerprint density at radius 1 is 0.676 bits per heavy atom. The van der Waals surface area contributed by atoms with Gasteiger partial charge in [0.1, 0.15) is 28.6 Å². The first-order valence-corrected chi connectivity index (χ1v) is 12.7. The predicted molar refractivity (Wildman–Crippen MR) is 140 cm³/mol. The van der Waals surface area contributed by atoms with E-state index in [4.69, 9.17) is 23.7 Å². The van der Waals surface area contributed by atoms with Crippen LogP contribution < -0.4 is 18.9 Å². The number of esters is 2. The van der Waals surface area contributed by atoms with Crippen molar-refractivity contribution in [3.8, 4) is 23.0 Å². The van der Waals surface area contributed by atoms with Gasteiger partial charge in [-0.2, -0.15) is 0 Å². The zero-order valence-corrected chi connectivity index (χ0v) is 22.3. The summed E-state index contributed by atoms with van der Waals surface area (Å²) in [6.45, 7) is 2.21. The van der Waals surface area contributed by atoms with Crippen LogP contribution in [0, 0.1) is 0 Å². The fourth-order valence-electron chi connectivity index (χ4n) is 3.87. The first-order valence-electron chi connectivity index (χ1n) is 12.7. The number of ketones is 1. The van der Waals surface area contributed by atoms with Crippen LogP contribution in [0.5, 0.6) is 23.0 Å². The van der Waals surface area contributed by atoms with Gasteiger partial charge in [0, 0.05) is 31.4 Å². The quantitative estimate of drug-likeness (QED) is 0.114. The normalized spacial score (nSPS) is 10.5. The smallest absolute Gasteiger partial charge is 0.311 e. The SMILES string of the molecule is CCOC(=O)CCCCCCCCC(=O)Oc1cc(OC)cc(OC)c1C(=O)Cc1ccc(OC)cc1. The van der Waals surface area contributed by atoms with Crippen molar-refractivity contribution in [2.75, 3.05) is 27.9 Å². The van der Waals surface area contributed by atoms with Crippen molar-refractivity contribution >= 4 is 17.7 Å². The number of rotatable bonds is 17. The van der Waals surface area contributed by atoms with Crippen molar-refractivity contribution < 1.29 is 38.1 Å². The van der Waals surface area contributed by atoms with Gasteiger partial charge >= 0.3 is 11.9 Å². The van der Waals surface area contributed by atoms with E-state index < -0.39 is 5.97 Å². The average Bonchev–Trinajstić information content (AvgIpc) is 2.90. The molecule has 0 unspecified atom stereocenters. The number of Topliss-reactive ketones (excluding diaryl/α,β-unsaturated/α-hetero) is 1. The largest absolute Gasteiger partial charge is 0.497 e. The molecule has 0 aromatic heterocycles. The van der Waals surface area contributed by atoms with Gasteiger partial charge in [-0.3, -0.25) is 14.4 Å². The highest BCUT2D eigenvalue weighted by molar-refractivity contribution is 6.03. The lowest BCUT2D eigenvalue weighted by Gasteiger charge is -2.15. The fraction of sp³-hybridized carbons (Fsp3) is 0.483. The first kappa shape index (κ1) is 29.7. The van der Waals surface area contributed by atoms with Gasteiger partial charge in [0.05, 0.1) is 27.9 Å². The van der Waals surface area contributed by atoms with Crippen LogP contribution in [0.3, 0.4) is 0 Å². The summed E-state index contributed by atoms with van der Waals surface area (Å²) < 4.78 is 26.5. The molecular weight excluding hydrogens is 476 g/mol. The lowest BCUT2D eigenvalue weighted by atomic mass is 10.0. The lowest BCUT2D eigenvalue weighted by Crippen LogP contribution is -2.14. The maximum atomic E-state index is 13.2. The molecule has 0 atom stereocenters. The van der Waals surface area contributed by atoms with Gasteiger partial charge in [-0.25, -0.2) is 0 Å². The third-order valence-corrected chi connectivity index (χ3v) is 5.84. The van der Waals surface area contributed by atoms with E-state index in [9.17, 15) is 14.4 Å². The second-order valence-electron chi connectivity index (χ2n) is 8.55. The number of ether oxygens (including phenoxy) is 5. The topological polar surface area (TPSA) is 97.4 Å². The van der Waals surface area contributed by atoms with Crippen LogP contribution in [0.4, 0.5) is 0 Å². The molecule has 0 bridgehead atoms. The molecule has 37 heavy (non-hydrogen) atoms. The van der Waals surface area contributed by atoms with Crippen LogP contribution in [-0.4, -0.2) is 45.7 Å². The van der Waals surface area contributed by atoms with Gasteiger partial charge in [0.2, 0.25) is 0 Å². The fourth-order valence-corrected chi connectivity index (χ4v) is 3.87. The third-order valence-electron chi connectivity index (χ3n) is 5.84. The standard InChI is InChI=1S/C29H38O8/c1-5-36-27(31)12-10-8-6-7-9-11-13-28(32)37-26-20-23(34-3)19-25(35-4)29(26)24(30)18-21-14-16-22(33-2)17-15-21/h14-17,19-20H,5-13,18H2,1-4H3. The Hall–Kier alpha value is -3.55. The zero-order valence-electron chi connectivity index (χ0n) is 22.3. The van der Waals surface area contributed by atoms with Crippen molar-refractivity contribution in [1.82, 2.24) is 0 Å². The van der Waals surface area contributed by atoms with E-state index in [1.165, 1.54) is 20.3 Å². The van der Waals surface area contributed by atoms with E-state index in [1.807, 2.05) is 12.1 Å². The monoisotopic (exact) mass is 514 g/mol. The summed E-state index contributed by atoms with van der Waals surface area (Å²) in [5.41, 5.74) is 0.997. The van der Waals surface area contributed by atoms with Gasteiger partial charge in [0.25, 0.3) is 0 Å². The molecule has 0 fully saturated rings. The molecule has 2 aromatic rings. The molecule has 0 radical (unpaired) electrons. The van der Waals surface area contributed by atoms with E-state index in [-0.39, 0.29) is 41.7 Å². The number of hydrogen-bond acceptors (Lipinski definition) is 8. The van der Waals surface area contributed by atoms with Gasteiger partial charge in [-0.1, -0.05) is 37.8 Å². The number of benzene rings is 2. The van der Waals surface area contributed by atoms with Gasteiger partial charge < -0.3 is 23.7 Å². The number of carbonyl (C=O) groups is 3. The summed E-state index contributed by atoms with van der Waals surface area (Å²) >= 11 is 0. The highest BCUT2D eigenvalue weighted by atomic mass is 16.5. The predicted octanol–water partition coefficient (Wildman–Crippen LogP) is 5.73. The molecule has 8 nitrogen and oxygen atoms in total. The maximum absolute atomic E-state index is 13.2. The second-order valence-corrected chi connectivity index (χ2v) is 8.55. The minimum absolute atomic E-state index is 0.105. The van der Waals surface area contributed by atoms with Crippen LogP contribution >= 0.6 is 0 Å². The molecule has 0 spiro atoms. The van der Waals surface area contributed by atoms with Gasteiger partial charge in [-0.15, -0.1) is 0 Å². The van der Waals surface area contributed by atoms with Crippen LogP contribution in [0.1, 0.15) is 74.2 Å². The van der Waals surface area contributed by atoms with E-state index in [1.54, 1.807) is 32.2 Å². The van der Waals surface area contributed by atoms with Crippen LogP contribution in [-0.2, 0) is 20.7 Å². The van der Waals surface area contributed by atoms with Crippen molar-refractivity contribution in [1.29, 1.82) is 0 Å². The van der Waals surface area contributed by atoms with Crippen molar-refractivity contribution in [3.63, 3.8) is 0 Å². The van der Waals surface area contributed by atoms with Crippen molar-refractivity contribution in [2.24, 2.45) is 0 Å². The van der Waals surface area contributed by atoms with Gasteiger partial charge in [0.15, 0.2) is 5.78 Å². The Labute approximate surface area is 219 Å². The molecule has 0 heterocycles. The lowest BCUT2D eigenvalue weighted by molar-refractivity contribution is -0.143. The molecule has 0 saturated carbocycles. The molecule has 2 aromatic carbocycles. The zero-order chi connectivity index (χ0) is 27.0. The molecule has 8 heteroatoms. The van der Waals surface area contributed by atoms with Crippen molar-refractivity contribution in [3.05, 3.63) is 47.5 Å². The number of methoxy groups -OCH3 is 3. The Morgan fingerprint density at radius 2 is 1.24 bits per heavy atom. The summed E-state index contributed by atoms with van der Waals surface area (Å²) in [4.78, 5) is 37.2. The molecule has 0 aliphatic heterocycles. The Balaban J connectivity index is 1.94. The summed E-state index contributed by atoms with van der Waals surface area (Å²) in [5, 5.41) is 0. The molecular formula is C29H38O8. The van der Waals surface area contributed by atoms with Crippen LogP contribution in [0.15, 0.2) is 36.4 Å².